The third-order valence-corrected chi connectivity index (χ3v) is 4.38. The Hall–Kier alpha value is -0.781. The standard InChI is InChI=1S/C11H11Se/c1-2-6-10(7-3-1)12-11-8-4-5-9-11/h1-9,11-12H. The third-order valence-electron chi connectivity index (χ3n) is 1.78. The first kappa shape index (κ1) is 7.85. The molecule has 0 aromatic heterocycles. The summed E-state index contributed by atoms with van der Waals surface area (Å²) in [7, 11) is 0. The van der Waals surface area contributed by atoms with E-state index in [4.69, 9.17) is 0 Å². The summed E-state index contributed by atoms with van der Waals surface area (Å²) < 4.78 is 1.51. The van der Waals surface area contributed by atoms with E-state index in [-0.39, 0.29) is 0 Å². The van der Waals surface area contributed by atoms with Gasteiger partial charge in [-0.3, -0.25) is 0 Å². The van der Waals surface area contributed by atoms with Crippen LogP contribution in [0.1, 0.15) is 0 Å². The molecule has 1 aromatic carbocycles. The molecule has 0 saturated heterocycles. The Balaban J connectivity index is 2.04. The van der Waals surface area contributed by atoms with Crippen molar-refractivity contribution in [2.45, 2.75) is 4.82 Å². The van der Waals surface area contributed by atoms with E-state index in [9.17, 15) is 0 Å². The van der Waals surface area contributed by atoms with Crippen LogP contribution in [0.4, 0.5) is 0 Å². The first-order chi connectivity index (χ1) is 5.95. The minimum absolute atomic E-state index is 0.295. The van der Waals surface area contributed by atoms with E-state index in [0.29, 0.717) is 19.8 Å². The van der Waals surface area contributed by atoms with E-state index in [0.717, 1.165) is 0 Å². The molecule has 0 amide bonds. The van der Waals surface area contributed by atoms with E-state index in [2.05, 4.69) is 54.6 Å². The molecular weight excluding hydrogens is 211 g/mol. The number of hydrogen-bond donors (Lipinski definition) is 0. The Morgan fingerprint density at radius 1 is 0.917 bits per heavy atom. The normalized spacial score (nSPS) is 15.7. The molecule has 0 unspecified atom stereocenters. The van der Waals surface area contributed by atoms with Gasteiger partial charge in [0.05, 0.1) is 0 Å². The van der Waals surface area contributed by atoms with Crippen molar-refractivity contribution in [1.29, 1.82) is 0 Å². The summed E-state index contributed by atoms with van der Waals surface area (Å²) in [6.45, 7) is 0. The molecule has 0 bridgehead atoms. The van der Waals surface area contributed by atoms with Crippen molar-refractivity contribution in [3.63, 3.8) is 0 Å². The molecule has 1 aromatic rings. The van der Waals surface area contributed by atoms with Crippen LogP contribution in [0.25, 0.3) is 0 Å². The molecular formula is C11H11Se. The van der Waals surface area contributed by atoms with Gasteiger partial charge in [0.15, 0.2) is 0 Å². The summed E-state index contributed by atoms with van der Waals surface area (Å²) in [6, 6.07) is 10.8. The van der Waals surface area contributed by atoms with E-state index in [1.54, 1.807) is 0 Å². The average molecular weight is 222 g/mol. The van der Waals surface area contributed by atoms with Crippen LogP contribution in [-0.2, 0) is 0 Å². The molecule has 0 atom stereocenters. The second-order valence-electron chi connectivity index (χ2n) is 2.73. The van der Waals surface area contributed by atoms with Gasteiger partial charge in [0.1, 0.15) is 0 Å². The van der Waals surface area contributed by atoms with Crippen LogP contribution in [0.3, 0.4) is 0 Å². The summed E-state index contributed by atoms with van der Waals surface area (Å²) in [4.78, 5) is 0.712. The summed E-state index contributed by atoms with van der Waals surface area (Å²) >= 11 is 0.295. The van der Waals surface area contributed by atoms with Gasteiger partial charge in [0, 0.05) is 0 Å². The Kier molecular flexibility index (Phi) is 2.45. The molecule has 1 heteroatoms. The first-order valence-corrected chi connectivity index (χ1v) is 6.08. The maximum absolute atomic E-state index is 2.28. The second kappa shape index (κ2) is 3.75. The Bertz CT molecular complexity index is 286. The molecule has 0 saturated carbocycles. The molecule has 0 aliphatic heterocycles. The van der Waals surface area contributed by atoms with E-state index < -0.39 is 0 Å². The van der Waals surface area contributed by atoms with Gasteiger partial charge < -0.3 is 0 Å². The summed E-state index contributed by atoms with van der Waals surface area (Å²) in [5.74, 6) is 0. The van der Waals surface area contributed by atoms with Gasteiger partial charge >= 0.3 is 78.9 Å². The molecule has 0 heterocycles. The predicted molar refractivity (Wildman–Crippen MR) is 55.3 cm³/mol. The molecule has 0 fully saturated rings. The van der Waals surface area contributed by atoms with Crippen molar-refractivity contribution in [3.8, 4) is 0 Å². The quantitative estimate of drug-likeness (QED) is 0.667. The van der Waals surface area contributed by atoms with Crippen LogP contribution >= 0.6 is 0 Å². The molecule has 12 heavy (non-hydrogen) atoms. The third kappa shape index (κ3) is 1.88. The summed E-state index contributed by atoms with van der Waals surface area (Å²) in [5.41, 5.74) is 0. The van der Waals surface area contributed by atoms with Gasteiger partial charge in [0.2, 0.25) is 0 Å². The number of allylic oxidation sites excluding steroid dienone is 4. The Morgan fingerprint density at radius 3 is 2.25 bits per heavy atom. The van der Waals surface area contributed by atoms with E-state index in [1.165, 1.54) is 4.46 Å². The fraction of sp³-hybridized carbons (Fsp3) is 0.0909. The predicted octanol–water partition coefficient (Wildman–Crippen LogP) is 1.66. The maximum atomic E-state index is 2.28. The van der Waals surface area contributed by atoms with Gasteiger partial charge in [-0.25, -0.2) is 0 Å². The van der Waals surface area contributed by atoms with Crippen molar-refractivity contribution < 1.29 is 0 Å². The van der Waals surface area contributed by atoms with Crippen molar-refractivity contribution in [3.05, 3.63) is 54.6 Å². The Morgan fingerprint density at radius 2 is 1.58 bits per heavy atom. The zero-order valence-electron chi connectivity index (χ0n) is 6.72. The van der Waals surface area contributed by atoms with Crippen LogP contribution in [0.15, 0.2) is 54.6 Å². The van der Waals surface area contributed by atoms with E-state index in [1.807, 2.05) is 0 Å². The van der Waals surface area contributed by atoms with Crippen LogP contribution in [0.2, 0.25) is 4.82 Å². The topological polar surface area (TPSA) is 0 Å². The van der Waals surface area contributed by atoms with Crippen molar-refractivity contribution >= 4 is 19.4 Å². The summed E-state index contributed by atoms with van der Waals surface area (Å²) in [5, 5.41) is 0. The molecule has 1 aliphatic carbocycles. The fourth-order valence-electron chi connectivity index (χ4n) is 1.19. The van der Waals surface area contributed by atoms with Gasteiger partial charge in [-0.05, 0) is 0 Å². The van der Waals surface area contributed by atoms with E-state index >= 15 is 0 Å². The number of benzene rings is 1. The second-order valence-corrected chi connectivity index (χ2v) is 5.60. The molecule has 0 nitrogen and oxygen atoms in total. The molecule has 0 N–H and O–H groups in total. The molecule has 0 spiro atoms. The zero-order valence-corrected chi connectivity index (χ0v) is 8.60. The molecule has 61 valence electrons. The fourth-order valence-corrected chi connectivity index (χ4v) is 3.42. The average Bonchev–Trinajstić information content (AvgIpc) is 2.59. The molecule has 1 aliphatic rings. The van der Waals surface area contributed by atoms with Crippen LogP contribution in [0.5, 0.6) is 0 Å². The van der Waals surface area contributed by atoms with Crippen molar-refractivity contribution in [2.24, 2.45) is 0 Å². The summed E-state index contributed by atoms with van der Waals surface area (Å²) in [6.07, 6.45) is 8.85. The number of hydrogen-bond acceptors (Lipinski definition) is 0. The SMILES string of the molecule is C1=CC([SeH]c2ccccc2)C=C1. The van der Waals surface area contributed by atoms with Gasteiger partial charge in [-0.15, -0.1) is 0 Å². The van der Waals surface area contributed by atoms with Crippen LogP contribution < -0.4 is 4.46 Å². The molecule has 1 radical (unpaired) electrons. The van der Waals surface area contributed by atoms with Crippen molar-refractivity contribution in [2.75, 3.05) is 0 Å². The van der Waals surface area contributed by atoms with Crippen molar-refractivity contribution in [1.82, 2.24) is 0 Å². The monoisotopic (exact) mass is 223 g/mol. The van der Waals surface area contributed by atoms with Crippen LogP contribution in [0, 0.1) is 0 Å². The minimum atomic E-state index is 0.295. The zero-order chi connectivity index (χ0) is 8.23. The van der Waals surface area contributed by atoms with Gasteiger partial charge in [-0.1, -0.05) is 0 Å². The molecule has 2 rings (SSSR count). The van der Waals surface area contributed by atoms with Gasteiger partial charge in [-0.2, -0.15) is 0 Å². The number of rotatable bonds is 2. The van der Waals surface area contributed by atoms with Gasteiger partial charge in [0.25, 0.3) is 0 Å². The first-order valence-electron chi connectivity index (χ1n) is 4.06. The Labute approximate surface area is 79.2 Å². The van der Waals surface area contributed by atoms with Crippen LogP contribution in [-0.4, -0.2) is 15.0 Å².